The molecule has 0 saturated carbocycles. The number of rotatable bonds is 7. The van der Waals surface area contributed by atoms with E-state index in [0.717, 1.165) is 22.4 Å². The Morgan fingerprint density at radius 2 is 1.56 bits per heavy atom. The summed E-state index contributed by atoms with van der Waals surface area (Å²) in [6, 6.07) is 26.9. The number of nitrogens with one attached hydrogen (secondary N) is 1. The maximum absolute atomic E-state index is 12.6. The fourth-order valence-corrected chi connectivity index (χ4v) is 3.53. The number of benzene rings is 3. The highest BCUT2D eigenvalue weighted by Gasteiger charge is 2.11. The summed E-state index contributed by atoms with van der Waals surface area (Å²) in [7, 11) is 3.41. The predicted molar refractivity (Wildman–Crippen MR) is 135 cm³/mol. The van der Waals surface area contributed by atoms with E-state index in [9.17, 15) is 9.59 Å². The van der Waals surface area contributed by atoms with Gasteiger partial charge in [-0.05, 0) is 35.9 Å². The van der Waals surface area contributed by atoms with Crippen LogP contribution in [-0.2, 0) is 11.3 Å². The first kappa shape index (κ1) is 22.7. The molecule has 0 aliphatic carbocycles. The van der Waals surface area contributed by atoms with Crippen molar-refractivity contribution < 1.29 is 9.59 Å². The average molecular weight is 451 g/mol. The molecular weight excluding hydrogens is 424 g/mol. The molecule has 6 nitrogen and oxygen atoms in total. The summed E-state index contributed by atoms with van der Waals surface area (Å²) in [6.45, 7) is 0.638. The first-order chi connectivity index (χ1) is 16.5. The van der Waals surface area contributed by atoms with Crippen molar-refractivity contribution in [3.05, 3.63) is 114 Å². The van der Waals surface area contributed by atoms with Crippen LogP contribution in [0.15, 0.2) is 97.2 Å². The summed E-state index contributed by atoms with van der Waals surface area (Å²) in [6.07, 6.45) is 5.21. The van der Waals surface area contributed by atoms with Crippen molar-refractivity contribution in [2.45, 2.75) is 6.54 Å². The van der Waals surface area contributed by atoms with E-state index in [1.54, 1.807) is 44.4 Å². The van der Waals surface area contributed by atoms with Gasteiger partial charge in [-0.15, -0.1) is 0 Å². The topological polar surface area (TPSA) is 67.2 Å². The van der Waals surface area contributed by atoms with E-state index in [-0.39, 0.29) is 11.8 Å². The number of anilines is 1. The maximum Gasteiger partial charge on any atom is 0.253 e. The Kier molecular flexibility index (Phi) is 6.98. The maximum atomic E-state index is 12.6. The SMILES string of the molecule is CN(C)C(=O)c1ccc(NC(=O)/C=C/c2cn(Cc3ccccc3)nc2-c2ccccc2)cc1. The van der Waals surface area contributed by atoms with E-state index >= 15 is 0 Å². The molecule has 4 rings (SSSR count). The molecule has 1 N–H and O–H groups in total. The molecule has 34 heavy (non-hydrogen) atoms. The highest BCUT2D eigenvalue weighted by molar-refractivity contribution is 6.02. The molecule has 0 unspecified atom stereocenters. The van der Waals surface area contributed by atoms with Gasteiger partial charge in [-0.25, -0.2) is 0 Å². The minimum absolute atomic E-state index is 0.0845. The summed E-state index contributed by atoms with van der Waals surface area (Å²) in [5.41, 5.74) is 4.98. The summed E-state index contributed by atoms with van der Waals surface area (Å²) < 4.78 is 1.88. The van der Waals surface area contributed by atoms with Gasteiger partial charge < -0.3 is 10.2 Å². The van der Waals surface area contributed by atoms with Crippen LogP contribution < -0.4 is 5.32 Å². The van der Waals surface area contributed by atoms with Crippen LogP contribution in [0.25, 0.3) is 17.3 Å². The standard InChI is InChI=1S/C28H26N4O2/c1-31(2)28(34)23-13-16-25(17-14-23)29-26(33)18-15-24-20-32(19-21-9-5-3-6-10-21)30-27(24)22-11-7-4-8-12-22/h3-18,20H,19H2,1-2H3,(H,29,33)/b18-15+. The van der Waals surface area contributed by atoms with Gasteiger partial charge in [-0.3, -0.25) is 14.3 Å². The lowest BCUT2D eigenvalue weighted by molar-refractivity contribution is -0.111. The highest BCUT2D eigenvalue weighted by atomic mass is 16.2. The molecule has 0 fully saturated rings. The van der Waals surface area contributed by atoms with Crippen molar-refractivity contribution in [1.29, 1.82) is 0 Å². The minimum atomic E-state index is -0.262. The Hall–Kier alpha value is -4.45. The third kappa shape index (κ3) is 5.66. The number of hydrogen-bond acceptors (Lipinski definition) is 3. The first-order valence-electron chi connectivity index (χ1n) is 11.0. The van der Waals surface area contributed by atoms with Gasteiger partial charge in [0.2, 0.25) is 5.91 Å². The Morgan fingerprint density at radius 3 is 2.21 bits per heavy atom. The Morgan fingerprint density at radius 1 is 0.912 bits per heavy atom. The molecule has 1 heterocycles. The number of nitrogens with zero attached hydrogens (tertiary/aromatic N) is 3. The summed E-state index contributed by atoms with van der Waals surface area (Å²) >= 11 is 0. The van der Waals surface area contributed by atoms with E-state index in [0.29, 0.717) is 17.8 Å². The van der Waals surface area contributed by atoms with Crippen LogP contribution in [0.3, 0.4) is 0 Å². The lowest BCUT2D eigenvalue weighted by atomic mass is 10.1. The second-order valence-electron chi connectivity index (χ2n) is 8.08. The van der Waals surface area contributed by atoms with Crippen LogP contribution in [0.2, 0.25) is 0 Å². The Bertz CT molecular complexity index is 1290. The Balaban J connectivity index is 1.52. The number of hydrogen-bond donors (Lipinski definition) is 1. The number of amides is 2. The third-order valence-electron chi connectivity index (χ3n) is 5.24. The molecule has 6 heteroatoms. The highest BCUT2D eigenvalue weighted by Crippen LogP contribution is 2.23. The van der Waals surface area contributed by atoms with Crippen molar-refractivity contribution in [1.82, 2.24) is 14.7 Å². The molecule has 0 spiro atoms. The van der Waals surface area contributed by atoms with Gasteiger partial charge >= 0.3 is 0 Å². The van der Waals surface area contributed by atoms with Crippen molar-refractivity contribution in [3.63, 3.8) is 0 Å². The second kappa shape index (κ2) is 10.4. The lowest BCUT2D eigenvalue weighted by Gasteiger charge is -2.10. The van der Waals surface area contributed by atoms with Gasteiger partial charge in [0, 0.05) is 48.7 Å². The summed E-state index contributed by atoms with van der Waals surface area (Å²) in [4.78, 5) is 26.1. The molecular formula is C28H26N4O2. The largest absolute Gasteiger partial charge is 0.345 e. The average Bonchev–Trinajstić information content (AvgIpc) is 3.26. The second-order valence-corrected chi connectivity index (χ2v) is 8.08. The van der Waals surface area contributed by atoms with E-state index < -0.39 is 0 Å². The molecule has 1 aromatic heterocycles. The smallest absolute Gasteiger partial charge is 0.253 e. The molecule has 0 saturated heterocycles. The van der Waals surface area contributed by atoms with E-state index in [1.165, 1.54) is 11.0 Å². The fourth-order valence-electron chi connectivity index (χ4n) is 3.53. The third-order valence-corrected chi connectivity index (χ3v) is 5.24. The molecule has 0 radical (unpaired) electrons. The monoisotopic (exact) mass is 450 g/mol. The van der Waals surface area contributed by atoms with E-state index in [2.05, 4.69) is 17.4 Å². The molecule has 170 valence electrons. The van der Waals surface area contributed by atoms with Gasteiger partial charge in [0.1, 0.15) is 0 Å². The Labute approximate surface area is 199 Å². The molecule has 0 bridgehead atoms. The number of carbonyl (C=O) groups excluding carboxylic acids is 2. The first-order valence-corrected chi connectivity index (χ1v) is 11.0. The van der Waals surface area contributed by atoms with Crippen molar-refractivity contribution in [2.75, 3.05) is 19.4 Å². The molecule has 0 aliphatic rings. The summed E-state index contributed by atoms with van der Waals surface area (Å²) in [5.74, 6) is -0.347. The normalized spacial score (nSPS) is 10.9. The molecule has 2 amide bonds. The van der Waals surface area contributed by atoms with Gasteiger partial charge in [-0.2, -0.15) is 5.10 Å². The minimum Gasteiger partial charge on any atom is -0.345 e. The molecule has 3 aromatic carbocycles. The zero-order chi connectivity index (χ0) is 23.9. The van der Waals surface area contributed by atoms with Crippen LogP contribution in [0, 0.1) is 0 Å². The van der Waals surface area contributed by atoms with Crippen LogP contribution in [0.1, 0.15) is 21.5 Å². The zero-order valence-corrected chi connectivity index (χ0v) is 19.2. The summed E-state index contributed by atoms with van der Waals surface area (Å²) in [5, 5.41) is 7.61. The number of aromatic nitrogens is 2. The molecule has 0 aliphatic heterocycles. The zero-order valence-electron chi connectivity index (χ0n) is 19.2. The van der Waals surface area contributed by atoms with Crippen LogP contribution >= 0.6 is 0 Å². The predicted octanol–water partition coefficient (Wildman–Crippen LogP) is 4.95. The number of carbonyl (C=O) groups is 2. The van der Waals surface area contributed by atoms with E-state index in [4.69, 9.17) is 5.10 Å². The van der Waals surface area contributed by atoms with Gasteiger partial charge in [0.25, 0.3) is 5.91 Å². The van der Waals surface area contributed by atoms with Crippen LogP contribution in [0.4, 0.5) is 5.69 Å². The van der Waals surface area contributed by atoms with Crippen molar-refractivity contribution >= 4 is 23.6 Å². The lowest BCUT2D eigenvalue weighted by Crippen LogP contribution is -2.21. The van der Waals surface area contributed by atoms with Gasteiger partial charge in [-0.1, -0.05) is 60.7 Å². The van der Waals surface area contributed by atoms with E-state index in [1.807, 2.05) is 59.4 Å². The van der Waals surface area contributed by atoms with Crippen molar-refractivity contribution in [3.8, 4) is 11.3 Å². The van der Waals surface area contributed by atoms with Crippen LogP contribution in [-0.4, -0.2) is 40.6 Å². The van der Waals surface area contributed by atoms with Gasteiger partial charge in [0.05, 0.1) is 12.2 Å². The van der Waals surface area contributed by atoms with Crippen molar-refractivity contribution in [2.24, 2.45) is 0 Å². The van der Waals surface area contributed by atoms with Gasteiger partial charge in [0.15, 0.2) is 0 Å². The molecule has 4 aromatic rings. The van der Waals surface area contributed by atoms with Crippen LogP contribution in [0.5, 0.6) is 0 Å². The molecule has 0 atom stereocenters. The quantitative estimate of drug-likeness (QED) is 0.405. The fraction of sp³-hybridized carbons (Fsp3) is 0.107.